The van der Waals surface area contributed by atoms with Crippen molar-refractivity contribution in [3.63, 3.8) is 0 Å². The van der Waals surface area contributed by atoms with Gasteiger partial charge >= 0.3 is 5.97 Å². The molecule has 0 saturated carbocycles. The number of carbonyl (C=O) groups excluding carboxylic acids is 1. The number of anilines is 1. The van der Waals surface area contributed by atoms with E-state index < -0.39 is 17.9 Å². The van der Waals surface area contributed by atoms with Gasteiger partial charge in [-0.15, -0.1) is 0 Å². The maximum Gasteiger partial charge on any atom is 0.317 e. The first-order valence-electron chi connectivity index (χ1n) is 7.73. The molecule has 1 aromatic heterocycles. The standard InChI is InChI=1S/C16H19N5O4/c1-5-25-15(22)13-9(2)17-16-18-19-20-21(16)14(13)11-8-10(23-3)6-7-12(11)24-4/h6-8,13-14H,2,5H2,1,3-4H3,(H,17,18,20). The van der Waals surface area contributed by atoms with Gasteiger partial charge in [-0.25, -0.2) is 4.68 Å². The van der Waals surface area contributed by atoms with Crippen LogP contribution < -0.4 is 14.8 Å². The molecule has 1 aromatic carbocycles. The number of aromatic nitrogens is 4. The Kier molecular flexibility index (Phi) is 4.55. The molecule has 25 heavy (non-hydrogen) atoms. The Hall–Kier alpha value is -3.10. The Labute approximate surface area is 144 Å². The summed E-state index contributed by atoms with van der Waals surface area (Å²) in [6.07, 6.45) is 0. The van der Waals surface area contributed by atoms with Gasteiger partial charge in [0.25, 0.3) is 0 Å². The zero-order valence-electron chi connectivity index (χ0n) is 14.2. The van der Waals surface area contributed by atoms with Crippen LogP contribution in [0.2, 0.25) is 0 Å². The van der Waals surface area contributed by atoms with Gasteiger partial charge < -0.3 is 19.5 Å². The summed E-state index contributed by atoms with van der Waals surface area (Å²) in [7, 11) is 3.12. The van der Waals surface area contributed by atoms with Gasteiger partial charge in [0.15, 0.2) is 0 Å². The van der Waals surface area contributed by atoms with Crippen LogP contribution in [0.15, 0.2) is 30.5 Å². The summed E-state index contributed by atoms with van der Waals surface area (Å²) >= 11 is 0. The molecule has 1 N–H and O–H groups in total. The molecule has 2 unspecified atom stereocenters. The van der Waals surface area contributed by atoms with E-state index in [1.807, 2.05) is 0 Å². The number of hydrogen-bond acceptors (Lipinski definition) is 8. The third kappa shape index (κ3) is 2.88. The summed E-state index contributed by atoms with van der Waals surface area (Å²) in [6, 6.07) is 4.76. The summed E-state index contributed by atoms with van der Waals surface area (Å²) in [6.45, 7) is 5.97. The lowest BCUT2D eigenvalue weighted by Crippen LogP contribution is -2.38. The number of hydrogen-bond donors (Lipinski definition) is 1. The third-order valence-electron chi connectivity index (χ3n) is 4.02. The molecule has 0 amide bonds. The molecule has 0 spiro atoms. The number of nitrogens with one attached hydrogen (secondary N) is 1. The van der Waals surface area contributed by atoms with Gasteiger partial charge in [-0.2, -0.15) is 0 Å². The zero-order chi connectivity index (χ0) is 18.0. The van der Waals surface area contributed by atoms with Crippen LogP contribution in [-0.2, 0) is 9.53 Å². The molecule has 0 bridgehead atoms. The molecule has 0 saturated heterocycles. The van der Waals surface area contributed by atoms with Gasteiger partial charge in [0, 0.05) is 11.3 Å². The van der Waals surface area contributed by atoms with E-state index in [1.165, 1.54) is 4.68 Å². The average molecular weight is 345 g/mol. The first-order chi connectivity index (χ1) is 12.1. The summed E-state index contributed by atoms with van der Waals surface area (Å²) in [5.41, 5.74) is 1.15. The molecule has 0 fully saturated rings. The second kappa shape index (κ2) is 6.80. The van der Waals surface area contributed by atoms with Crippen molar-refractivity contribution in [3.8, 4) is 11.5 Å². The zero-order valence-corrected chi connectivity index (χ0v) is 14.2. The fourth-order valence-corrected chi connectivity index (χ4v) is 2.90. The highest BCUT2D eigenvalue weighted by Gasteiger charge is 2.42. The highest BCUT2D eigenvalue weighted by atomic mass is 16.5. The van der Waals surface area contributed by atoms with Crippen LogP contribution in [0.5, 0.6) is 11.5 Å². The van der Waals surface area contributed by atoms with Crippen molar-refractivity contribution in [2.24, 2.45) is 5.92 Å². The SMILES string of the molecule is C=C1Nc2nnnn2C(c2cc(OC)ccc2OC)C1C(=O)OCC. The monoisotopic (exact) mass is 345 g/mol. The van der Waals surface area contributed by atoms with Crippen molar-refractivity contribution in [1.82, 2.24) is 20.2 Å². The first-order valence-corrected chi connectivity index (χ1v) is 7.73. The summed E-state index contributed by atoms with van der Waals surface area (Å²) in [4.78, 5) is 12.6. The van der Waals surface area contributed by atoms with Gasteiger partial charge in [0.1, 0.15) is 23.5 Å². The van der Waals surface area contributed by atoms with Crippen molar-refractivity contribution in [1.29, 1.82) is 0 Å². The molecule has 0 radical (unpaired) electrons. The maximum absolute atomic E-state index is 12.6. The largest absolute Gasteiger partial charge is 0.497 e. The number of tetrazole rings is 1. The highest BCUT2D eigenvalue weighted by Crippen LogP contribution is 2.42. The van der Waals surface area contributed by atoms with Crippen LogP contribution in [0, 0.1) is 5.92 Å². The van der Waals surface area contributed by atoms with Gasteiger partial charge in [-0.05, 0) is 35.5 Å². The Bertz CT molecular complexity index is 804. The predicted octanol–water partition coefficient (Wildman–Crippen LogP) is 1.40. The van der Waals surface area contributed by atoms with Gasteiger partial charge in [0.2, 0.25) is 5.95 Å². The molecule has 1 aliphatic heterocycles. The van der Waals surface area contributed by atoms with E-state index in [-0.39, 0.29) is 6.61 Å². The summed E-state index contributed by atoms with van der Waals surface area (Å²) in [5.74, 6) is 0.446. The number of ether oxygens (including phenoxy) is 3. The minimum absolute atomic E-state index is 0.257. The highest BCUT2D eigenvalue weighted by molar-refractivity contribution is 5.79. The summed E-state index contributed by atoms with van der Waals surface area (Å²) in [5, 5.41) is 14.6. The number of nitrogens with zero attached hydrogens (tertiary/aromatic N) is 4. The normalized spacial score (nSPS) is 18.9. The Morgan fingerprint density at radius 3 is 2.84 bits per heavy atom. The van der Waals surface area contributed by atoms with Crippen molar-refractivity contribution in [2.45, 2.75) is 13.0 Å². The number of carbonyl (C=O) groups is 1. The van der Waals surface area contributed by atoms with E-state index in [4.69, 9.17) is 14.2 Å². The molecule has 132 valence electrons. The lowest BCUT2D eigenvalue weighted by molar-refractivity contribution is -0.147. The van der Waals surface area contributed by atoms with Crippen molar-refractivity contribution < 1.29 is 19.0 Å². The molecule has 2 aromatic rings. The van der Waals surface area contributed by atoms with Crippen LogP contribution in [0.1, 0.15) is 18.5 Å². The van der Waals surface area contributed by atoms with Crippen molar-refractivity contribution in [3.05, 3.63) is 36.0 Å². The minimum atomic E-state index is -0.725. The van der Waals surface area contributed by atoms with E-state index in [2.05, 4.69) is 27.4 Å². The number of rotatable bonds is 5. The second-order valence-corrected chi connectivity index (χ2v) is 5.38. The van der Waals surface area contributed by atoms with Crippen LogP contribution in [0.3, 0.4) is 0 Å². The number of benzene rings is 1. The van der Waals surface area contributed by atoms with Crippen molar-refractivity contribution >= 4 is 11.9 Å². The van der Waals surface area contributed by atoms with Gasteiger partial charge in [-0.3, -0.25) is 4.79 Å². The van der Waals surface area contributed by atoms with Crippen LogP contribution in [0.4, 0.5) is 5.95 Å². The molecule has 0 aliphatic carbocycles. The summed E-state index contributed by atoms with van der Waals surface area (Å²) < 4.78 is 17.5. The van der Waals surface area contributed by atoms with E-state index in [1.54, 1.807) is 39.3 Å². The fourth-order valence-electron chi connectivity index (χ4n) is 2.90. The van der Waals surface area contributed by atoms with E-state index in [0.29, 0.717) is 28.7 Å². The Morgan fingerprint density at radius 1 is 1.36 bits per heavy atom. The second-order valence-electron chi connectivity index (χ2n) is 5.38. The molecule has 1 aliphatic rings. The topological polar surface area (TPSA) is 100 Å². The molecule has 2 heterocycles. The van der Waals surface area contributed by atoms with Crippen molar-refractivity contribution in [2.75, 3.05) is 26.1 Å². The lowest BCUT2D eigenvalue weighted by Gasteiger charge is -2.33. The smallest absolute Gasteiger partial charge is 0.317 e. The van der Waals surface area contributed by atoms with E-state index in [0.717, 1.165) is 0 Å². The van der Waals surface area contributed by atoms with Gasteiger partial charge in [0.05, 0.1) is 20.8 Å². The minimum Gasteiger partial charge on any atom is -0.497 e. The van der Waals surface area contributed by atoms with Crippen LogP contribution >= 0.6 is 0 Å². The van der Waals surface area contributed by atoms with Gasteiger partial charge in [-0.1, -0.05) is 11.7 Å². The van der Waals surface area contributed by atoms with Crippen LogP contribution in [0.25, 0.3) is 0 Å². The molecule has 2 atom stereocenters. The molecule has 9 nitrogen and oxygen atoms in total. The van der Waals surface area contributed by atoms with Crippen LogP contribution in [-0.4, -0.2) is 47.0 Å². The number of fused-ring (bicyclic) bond motifs is 1. The number of methoxy groups -OCH3 is 2. The van der Waals surface area contributed by atoms with E-state index >= 15 is 0 Å². The Balaban J connectivity index is 2.18. The number of esters is 1. The molecular weight excluding hydrogens is 326 g/mol. The molecular formula is C16H19N5O4. The predicted molar refractivity (Wildman–Crippen MR) is 88.4 cm³/mol. The van der Waals surface area contributed by atoms with E-state index in [9.17, 15) is 4.79 Å². The quantitative estimate of drug-likeness (QED) is 0.812. The average Bonchev–Trinajstić information content (AvgIpc) is 3.07. The first kappa shape index (κ1) is 16.7. The Morgan fingerprint density at radius 2 is 2.16 bits per heavy atom. The molecule has 9 heteroatoms. The maximum atomic E-state index is 12.6. The molecule has 3 rings (SSSR count). The lowest BCUT2D eigenvalue weighted by atomic mass is 9.88. The third-order valence-corrected chi connectivity index (χ3v) is 4.02. The fraction of sp³-hybridized carbons (Fsp3) is 0.375.